The second kappa shape index (κ2) is 8.85. The minimum atomic E-state index is -0.0599. The van der Waals surface area contributed by atoms with Gasteiger partial charge in [-0.3, -0.25) is 9.36 Å². The summed E-state index contributed by atoms with van der Waals surface area (Å²) in [5, 5.41) is 0. The highest BCUT2D eigenvalue weighted by atomic mass is 16.1. The molecule has 0 aliphatic heterocycles. The molecular formula is C23H29N3O. The molecule has 142 valence electrons. The van der Waals surface area contributed by atoms with Gasteiger partial charge in [-0.15, -0.1) is 0 Å². The number of hydrogen-bond acceptors (Lipinski definition) is 3. The first-order valence-electron chi connectivity index (χ1n) is 9.99. The van der Waals surface area contributed by atoms with E-state index in [0.29, 0.717) is 5.69 Å². The maximum atomic E-state index is 12.8. The van der Waals surface area contributed by atoms with E-state index in [2.05, 4.69) is 35.9 Å². The number of benzene rings is 2. The highest BCUT2D eigenvalue weighted by Gasteiger charge is 2.12. The summed E-state index contributed by atoms with van der Waals surface area (Å²) in [6, 6.07) is 16.1. The van der Waals surface area contributed by atoms with Crippen LogP contribution in [0.5, 0.6) is 0 Å². The fourth-order valence-corrected chi connectivity index (χ4v) is 3.39. The van der Waals surface area contributed by atoms with E-state index in [1.807, 2.05) is 36.4 Å². The summed E-state index contributed by atoms with van der Waals surface area (Å²) < 4.78 is 1.77. The zero-order chi connectivity index (χ0) is 19.2. The van der Waals surface area contributed by atoms with Crippen molar-refractivity contribution >= 4 is 16.7 Å². The summed E-state index contributed by atoms with van der Waals surface area (Å²) in [6.45, 7) is 8.35. The second-order valence-corrected chi connectivity index (χ2v) is 7.04. The number of aromatic nitrogens is 2. The molecule has 0 unspecified atom stereocenters. The highest BCUT2D eigenvalue weighted by molar-refractivity contribution is 5.81. The Kier molecular flexibility index (Phi) is 6.28. The molecule has 0 radical (unpaired) electrons. The molecule has 3 rings (SSSR count). The fraction of sp³-hybridized carbons (Fsp3) is 0.391. The standard InChI is InChI=1S/C23H29N3O/c1-4-6-15-25(16-7-5-2)20-13-14-22-21(17-20)24-18(3)23(27)26(22)19-11-9-8-10-12-19/h8-14,17H,4-7,15-16H2,1-3H3. The van der Waals surface area contributed by atoms with E-state index in [-0.39, 0.29) is 5.56 Å². The number of nitrogens with zero attached hydrogens (tertiary/aromatic N) is 3. The zero-order valence-electron chi connectivity index (χ0n) is 16.6. The molecule has 0 atom stereocenters. The Hall–Kier alpha value is -2.62. The number of para-hydroxylation sites is 1. The molecule has 4 nitrogen and oxygen atoms in total. The molecule has 0 spiro atoms. The SMILES string of the molecule is CCCCN(CCCC)c1ccc2c(c1)nc(C)c(=O)n2-c1ccccc1. The summed E-state index contributed by atoms with van der Waals surface area (Å²) in [5.41, 5.74) is 4.25. The number of aryl methyl sites for hydroxylation is 1. The summed E-state index contributed by atoms with van der Waals surface area (Å²) in [6.07, 6.45) is 4.72. The van der Waals surface area contributed by atoms with Gasteiger partial charge in [-0.2, -0.15) is 0 Å². The van der Waals surface area contributed by atoms with Gasteiger partial charge >= 0.3 is 0 Å². The Morgan fingerprint density at radius 3 is 2.26 bits per heavy atom. The number of rotatable bonds is 8. The first-order valence-corrected chi connectivity index (χ1v) is 9.99. The van der Waals surface area contributed by atoms with Crippen molar-refractivity contribution < 1.29 is 0 Å². The quantitative estimate of drug-likeness (QED) is 0.559. The van der Waals surface area contributed by atoms with E-state index in [1.165, 1.54) is 31.4 Å². The van der Waals surface area contributed by atoms with Crippen LogP contribution in [0.25, 0.3) is 16.7 Å². The first-order chi connectivity index (χ1) is 13.2. The molecule has 1 heterocycles. The molecule has 3 aromatic rings. The molecule has 4 heteroatoms. The first kappa shape index (κ1) is 19.2. The van der Waals surface area contributed by atoms with Crippen LogP contribution in [0.3, 0.4) is 0 Å². The summed E-state index contributed by atoms with van der Waals surface area (Å²) in [5.74, 6) is 0. The molecule has 0 fully saturated rings. The zero-order valence-corrected chi connectivity index (χ0v) is 16.6. The van der Waals surface area contributed by atoms with Crippen molar-refractivity contribution in [2.45, 2.75) is 46.5 Å². The van der Waals surface area contributed by atoms with Crippen molar-refractivity contribution in [1.29, 1.82) is 0 Å². The van der Waals surface area contributed by atoms with Crippen LogP contribution in [0.15, 0.2) is 53.3 Å². The maximum absolute atomic E-state index is 12.8. The Labute approximate surface area is 161 Å². The van der Waals surface area contributed by atoms with Crippen LogP contribution >= 0.6 is 0 Å². The molecule has 0 bridgehead atoms. The Morgan fingerprint density at radius 1 is 0.963 bits per heavy atom. The second-order valence-electron chi connectivity index (χ2n) is 7.04. The van der Waals surface area contributed by atoms with Crippen LogP contribution < -0.4 is 10.5 Å². The van der Waals surface area contributed by atoms with Crippen molar-refractivity contribution in [2.24, 2.45) is 0 Å². The van der Waals surface area contributed by atoms with Crippen molar-refractivity contribution in [1.82, 2.24) is 9.55 Å². The van der Waals surface area contributed by atoms with Crippen LogP contribution in [0.2, 0.25) is 0 Å². The van der Waals surface area contributed by atoms with Gasteiger partial charge in [-0.05, 0) is 50.1 Å². The van der Waals surface area contributed by atoms with Gasteiger partial charge in [0.1, 0.15) is 5.69 Å². The topological polar surface area (TPSA) is 38.1 Å². The van der Waals surface area contributed by atoms with Crippen LogP contribution in [0, 0.1) is 6.92 Å². The van der Waals surface area contributed by atoms with E-state index in [4.69, 9.17) is 0 Å². The number of unbranched alkanes of at least 4 members (excludes halogenated alkanes) is 2. The largest absolute Gasteiger partial charge is 0.371 e. The van der Waals surface area contributed by atoms with E-state index in [0.717, 1.165) is 29.8 Å². The molecule has 0 aliphatic rings. The van der Waals surface area contributed by atoms with Crippen LogP contribution in [-0.4, -0.2) is 22.6 Å². The van der Waals surface area contributed by atoms with E-state index in [1.54, 1.807) is 11.5 Å². The Bertz CT molecular complexity index is 939. The third-order valence-electron chi connectivity index (χ3n) is 4.94. The van der Waals surface area contributed by atoms with Gasteiger partial charge in [-0.25, -0.2) is 4.98 Å². The predicted molar refractivity (Wildman–Crippen MR) is 114 cm³/mol. The van der Waals surface area contributed by atoms with Crippen molar-refractivity contribution in [3.05, 3.63) is 64.6 Å². The van der Waals surface area contributed by atoms with E-state index in [9.17, 15) is 4.79 Å². The molecular weight excluding hydrogens is 334 g/mol. The smallest absolute Gasteiger partial charge is 0.277 e. The van der Waals surface area contributed by atoms with Crippen LogP contribution in [-0.2, 0) is 0 Å². The lowest BCUT2D eigenvalue weighted by molar-refractivity contribution is 0.678. The lowest BCUT2D eigenvalue weighted by Crippen LogP contribution is -2.26. The van der Waals surface area contributed by atoms with Crippen molar-refractivity contribution in [2.75, 3.05) is 18.0 Å². The van der Waals surface area contributed by atoms with E-state index >= 15 is 0 Å². The molecule has 0 amide bonds. The minimum Gasteiger partial charge on any atom is -0.371 e. The summed E-state index contributed by atoms with van der Waals surface area (Å²) in [7, 11) is 0. The average molecular weight is 364 g/mol. The number of anilines is 1. The van der Waals surface area contributed by atoms with Gasteiger partial charge in [0.25, 0.3) is 5.56 Å². The molecule has 0 aliphatic carbocycles. The van der Waals surface area contributed by atoms with Crippen LogP contribution in [0.4, 0.5) is 5.69 Å². The van der Waals surface area contributed by atoms with Crippen molar-refractivity contribution in [3.63, 3.8) is 0 Å². The molecule has 1 aromatic heterocycles. The van der Waals surface area contributed by atoms with Crippen molar-refractivity contribution in [3.8, 4) is 5.69 Å². The normalized spacial score (nSPS) is 11.1. The lowest BCUT2D eigenvalue weighted by atomic mass is 10.2. The third kappa shape index (κ3) is 4.21. The molecule has 27 heavy (non-hydrogen) atoms. The Morgan fingerprint density at radius 2 is 1.63 bits per heavy atom. The monoisotopic (exact) mass is 363 g/mol. The minimum absolute atomic E-state index is 0.0599. The van der Waals surface area contributed by atoms with Crippen LogP contribution in [0.1, 0.15) is 45.2 Å². The van der Waals surface area contributed by atoms with Gasteiger partial charge in [0.05, 0.1) is 11.0 Å². The van der Waals surface area contributed by atoms with Gasteiger partial charge in [0.2, 0.25) is 0 Å². The summed E-state index contributed by atoms with van der Waals surface area (Å²) in [4.78, 5) is 19.8. The highest BCUT2D eigenvalue weighted by Crippen LogP contribution is 2.23. The van der Waals surface area contributed by atoms with Gasteiger partial charge in [0.15, 0.2) is 0 Å². The lowest BCUT2D eigenvalue weighted by Gasteiger charge is -2.25. The summed E-state index contributed by atoms with van der Waals surface area (Å²) >= 11 is 0. The molecule has 0 saturated heterocycles. The number of fused-ring (bicyclic) bond motifs is 1. The average Bonchev–Trinajstić information content (AvgIpc) is 2.69. The van der Waals surface area contributed by atoms with Gasteiger partial charge < -0.3 is 4.90 Å². The maximum Gasteiger partial charge on any atom is 0.277 e. The Balaban J connectivity index is 2.10. The molecule has 0 N–H and O–H groups in total. The van der Waals surface area contributed by atoms with E-state index < -0.39 is 0 Å². The van der Waals surface area contributed by atoms with Gasteiger partial charge in [-0.1, -0.05) is 44.9 Å². The molecule has 2 aromatic carbocycles. The number of hydrogen-bond donors (Lipinski definition) is 0. The fourth-order valence-electron chi connectivity index (χ4n) is 3.39. The predicted octanol–water partition coefficient (Wildman–Crippen LogP) is 5.10. The third-order valence-corrected chi connectivity index (χ3v) is 4.94. The molecule has 0 saturated carbocycles. The van der Waals surface area contributed by atoms with Gasteiger partial charge in [0, 0.05) is 24.5 Å².